The number of hydrogen-bond acceptors (Lipinski definition) is 4. The number of rotatable bonds is 7. The Labute approximate surface area is 117 Å². The first-order valence-electron chi connectivity index (χ1n) is 7.04. The molecular weight excluding hydrogens is 244 g/mol. The molecule has 0 aliphatic carbocycles. The molecule has 0 aliphatic heterocycles. The van der Waals surface area contributed by atoms with Crippen LogP contribution in [-0.4, -0.2) is 47.0 Å². The Hall–Kier alpha value is -0.650. The predicted molar refractivity (Wildman–Crippen MR) is 79.0 cm³/mol. The Morgan fingerprint density at radius 3 is 1.79 bits per heavy atom. The van der Waals surface area contributed by atoms with Crippen LogP contribution in [0.1, 0.15) is 54.4 Å². The van der Waals surface area contributed by atoms with Crippen LogP contribution < -0.4 is 10.6 Å². The maximum Gasteiger partial charge on any atom is 0.222 e. The molecule has 19 heavy (non-hydrogen) atoms. The summed E-state index contributed by atoms with van der Waals surface area (Å²) < 4.78 is 0. The van der Waals surface area contributed by atoms with Crippen molar-refractivity contribution in [2.75, 3.05) is 6.54 Å². The van der Waals surface area contributed by atoms with Gasteiger partial charge in [0.15, 0.2) is 0 Å². The molecule has 0 heterocycles. The summed E-state index contributed by atoms with van der Waals surface area (Å²) >= 11 is 0. The van der Waals surface area contributed by atoms with Crippen LogP contribution in [0.3, 0.4) is 0 Å². The number of carbonyl (C=O) groups is 1. The van der Waals surface area contributed by atoms with Crippen molar-refractivity contribution in [3.05, 3.63) is 0 Å². The second-order valence-electron chi connectivity index (χ2n) is 5.52. The van der Waals surface area contributed by atoms with Crippen molar-refractivity contribution in [3.63, 3.8) is 0 Å². The summed E-state index contributed by atoms with van der Waals surface area (Å²) in [4.78, 5) is 10.8. The standard InChI is InChI=1S/C7H15NO2.C7H17NO/c1-5(2)8-7(10)4-6(3)9;1-6(2)8-5-4-7(3)9/h5-6,9H,4H2,1-3H3,(H,8,10);6-9H,4-5H2,1-3H3/t6-;7-/m11/s1. The van der Waals surface area contributed by atoms with E-state index in [9.17, 15) is 4.79 Å². The minimum atomic E-state index is -0.543. The van der Waals surface area contributed by atoms with E-state index in [2.05, 4.69) is 24.5 Å². The quantitative estimate of drug-likeness (QED) is 0.560. The highest BCUT2D eigenvalue weighted by Gasteiger charge is 2.05. The molecule has 0 aromatic heterocycles. The summed E-state index contributed by atoms with van der Waals surface area (Å²) in [5, 5.41) is 23.5. The van der Waals surface area contributed by atoms with E-state index in [0.717, 1.165) is 13.0 Å². The summed E-state index contributed by atoms with van der Waals surface area (Å²) in [6.45, 7) is 12.3. The first kappa shape index (κ1) is 20.7. The number of carbonyl (C=O) groups excluding carboxylic acids is 1. The van der Waals surface area contributed by atoms with E-state index >= 15 is 0 Å². The molecule has 0 unspecified atom stereocenters. The van der Waals surface area contributed by atoms with Crippen LogP contribution in [0, 0.1) is 0 Å². The zero-order valence-corrected chi connectivity index (χ0v) is 13.2. The van der Waals surface area contributed by atoms with Crippen LogP contribution >= 0.6 is 0 Å². The Balaban J connectivity index is 0. The van der Waals surface area contributed by atoms with Crippen molar-refractivity contribution < 1.29 is 15.0 Å². The number of nitrogens with one attached hydrogen (secondary N) is 2. The molecule has 0 rings (SSSR count). The lowest BCUT2D eigenvalue weighted by Gasteiger charge is -2.08. The van der Waals surface area contributed by atoms with E-state index < -0.39 is 6.10 Å². The van der Waals surface area contributed by atoms with Gasteiger partial charge in [-0.15, -0.1) is 0 Å². The molecule has 0 radical (unpaired) electrons. The maximum absolute atomic E-state index is 10.8. The summed E-state index contributed by atoms with van der Waals surface area (Å²) in [6.07, 6.45) is 0.325. The minimum Gasteiger partial charge on any atom is -0.393 e. The van der Waals surface area contributed by atoms with Gasteiger partial charge in [0.05, 0.1) is 18.6 Å². The van der Waals surface area contributed by atoms with Gasteiger partial charge in [0, 0.05) is 12.1 Å². The largest absolute Gasteiger partial charge is 0.393 e. The molecule has 116 valence electrons. The third-order valence-electron chi connectivity index (χ3n) is 2.05. The van der Waals surface area contributed by atoms with E-state index in [4.69, 9.17) is 10.2 Å². The maximum atomic E-state index is 10.8. The molecule has 0 fully saturated rings. The van der Waals surface area contributed by atoms with Gasteiger partial charge in [0.2, 0.25) is 5.91 Å². The van der Waals surface area contributed by atoms with Crippen molar-refractivity contribution >= 4 is 5.91 Å². The van der Waals surface area contributed by atoms with Crippen molar-refractivity contribution in [1.82, 2.24) is 10.6 Å². The zero-order valence-electron chi connectivity index (χ0n) is 13.2. The Bertz CT molecular complexity index is 197. The average molecular weight is 276 g/mol. The molecule has 0 aliphatic rings. The average Bonchev–Trinajstić information content (AvgIpc) is 2.13. The Kier molecular flexibility index (Phi) is 13.5. The fraction of sp³-hybridized carbons (Fsp3) is 0.929. The monoisotopic (exact) mass is 276 g/mol. The third kappa shape index (κ3) is 22.9. The van der Waals surface area contributed by atoms with Gasteiger partial charge in [-0.25, -0.2) is 0 Å². The minimum absolute atomic E-state index is 0.0926. The van der Waals surface area contributed by atoms with Crippen LogP contribution in [0.2, 0.25) is 0 Å². The first-order valence-corrected chi connectivity index (χ1v) is 7.04. The van der Waals surface area contributed by atoms with Crippen molar-refractivity contribution in [3.8, 4) is 0 Å². The second-order valence-corrected chi connectivity index (χ2v) is 5.52. The highest BCUT2D eigenvalue weighted by Crippen LogP contribution is 1.89. The molecule has 0 bridgehead atoms. The van der Waals surface area contributed by atoms with Crippen molar-refractivity contribution in [2.24, 2.45) is 0 Å². The fourth-order valence-corrected chi connectivity index (χ4v) is 1.23. The summed E-state index contributed by atoms with van der Waals surface area (Å²) in [6, 6.07) is 0.690. The smallest absolute Gasteiger partial charge is 0.222 e. The van der Waals surface area contributed by atoms with Crippen LogP contribution in [-0.2, 0) is 4.79 Å². The van der Waals surface area contributed by atoms with Gasteiger partial charge in [-0.3, -0.25) is 4.79 Å². The van der Waals surface area contributed by atoms with Gasteiger partial charge in [0.1, 0.15) is 0 Å². The topological polar surface area (TPSA) is 81.6 Å². The number of aliphatic hydroxyl groups excluding tert-OH is 2. The Morgan fingerprint density at radius 2 is 1.47 bits per heavy atom. The first-order chi connectivity index (χ1) is 8.65. The van der Waals surface area contributed by atoms with E-state index in [1.165, 1.54) is 0 Å². The van der Waals surface area contributed by atoms with Gasteiger partial charge in [-0.1, -0.05) is 13.8 Å². The van der Waals surface area contributed by atoms with Crippen molar-refractivity contribution in [1.29, 1.82) is 0 Å². The lowest BCUT2D eigenvalue weighted by atomic mass is 10.2. The van der Waals surface area contributed by atoms with Gasteiger partial charge < -0.3 is 20.8 Å². The molecule has 5 heteroatoms. The van der Waals surface area contributed by atoms with Crippen molar-refractivity contribution in [2.45, 2.75) is 78.7 Å². The molecule has 4 N–H and O–H groups in total. The lowest BCUT2D eigenvalue weighted by molar-refractivity contribution is -0.123. The van der Waals surface area contributed by atoms with E-state index in [0.29, 0.717) is 6.04 Å². The van der Waals surface area contributed by atoms with E-state index in [1.807, 2.05) is 20.8 Å². The van der Waals surface area contributed by atoms with Gasteiger partial charge in [-0.2, -0.15) is 0 Å². The summed E-state index contributed by atoms with van der Waals surface area (Å²) in [7, 11) is 0. The van der Waals surface area contributed by atoms with E-state index in [-0.39, 0.29) is 24.5 Å². The fourth-order valence-electron chi connectivity index (χ4n) is 1.23. The summed E-state index contributed by atoms with van der Waals surface area (Å²) in [5.74, 6) is -0.0926. The molecule has 0 aromatic rings. The molecule has 0 aromatic carbocycles. The SMILES string of the molecule is CC(C)NC(=O)C[C@@H](C)O.CC(C)NCC[C@@H](C)O. The van der Waals surface area contributed by atoms with Crippen LogP contribution in [0.25, 0.3) is 0 Å². The van der Waals surface area contributed by atoms with Crippen LogP contribution in [0.15, 0.2) is 0 Å². The molecule has 0 saturated heterocycles. The number of hydrogen-bond donors (Lipinski definition) is 4. The molecule has 5 nitrogen and oxygen atoms in total. The zero-order chi connectivity index (χ0) is 15.4. The molecule has 2 atom stereocenters. The highest BCUT2D eigenvalue weighted by molar-refractivity contribution is 5.76. The molecule has 0 spiro atoms. The lowest BCUT2D eigenvalue weighted by Crippen LogP contribution is -2.32. The van der Waals surface area contributed by atoms with Crippen LogP contribution in [0.5, 0.6) is 0 Å². The number of aliphatic hydroxyl groups is 2. The molecule has 1 amide bonds. The van der Waals surface area contributed by atoms with Gasteiger partial charge in [-0.05, 0) is 40.7 Å². The van der Waals surface area contributed by atoms with E-state index in [1.54, 1.807) is 6.92 Å². The van der Waals surface area contributed by atoms with Gasteiger partial charge in [0.25, 0.3) is 0 Å². The second kappa shape index (κ2) is 12.4. The Morgan fingerprint density at radius 1 is 0.947 bits per heavy atom. The normalized spacial score (nSPS) is 13.8. The van der Waals surface area contributed by atoms with Crippen LogP contribution in [0.4, 0.5) is 0 Å². The summed E-state index contributed by atoms with van der Waals surface area (Å²) in [5.41, 5.74) is 0. The predicted octanol–water partition coefficient (Wildman–Crippen LogP) is 1.04. The molecular formula is C14H32N2O3. The van der Waals surface area contributed by atoms with Gasteiger partial charge >= 0.3 is 0 Å². The molecule has 0 saturated carbocycles. The highest BCUT2D eigenvalue weighted by atomic mass is 16.3. The number of amides is 1. The third-order valence-corrected chi connectivity index (χ3v) is 2.05.